The maximum Gasteiger partial charge on any atom is 0.408 e. The summed E-state index contributed by atoms with van der Waals surface area (Å²) in [6.07, 6.45) is 2.96. The molecule has 178 valence electrons. The predicted octanol–water partition coefficient (Wildman–Crippen LogP) is 2.44. The van der Waals surface area contributed by atoms with Gasteiger partial charge in [0.25, 0.3) is 0 Å². The van der Waals surface area contributed by atoms with Crippen molar-refractivity contribution in [3.05, 3.63) is 0 Å². The number of amides is 3. The Morgan fingerprint density at radius 1 is 1.03 bits per heavy atom. The molecule has 1 aliphatic rings. The van der Waals surface area contributed by atoms with Gasteiger partial charge in [0, 0.05) is 12.5 Å². The fourth-order valence-corrected chi connectivity index (χ4v) is 3.51. The second-order valence-electron chi connectivity index (χ2n) is 9.54. The fourth-order valence-electron chi connectivity index (χ4n) is 3.51. The Hall–Kier alpha value is -2.32. The largest absolute Gasteiger partial charge is 0.480 e. The molecule has 0 radical (unpaired) electrons. The van der Waals surface area contributed by atoms with Crippen molar-refractivity contribution in [2.24, 2.45) is 17.8 Å². The minimum atomic E-state index is -1.05. The zero-order chi connectivity index (χ0) is 23.8. The van der Waals surface area contributed by atoms with Gasteiger partial charge in [-0.15, -0.1) is 0 Å². The summed E-state index contributed by atoms with van der Waals surface area (Å²) < 4.78 is 5.28. The lowest BCUT2D eigenvalue weighted by atomic mass is 9.81. The van der Waals surface area contributed by atoms with Gasteiger partial charge in [0.1, 0.15) is 17.7 Å². The molecule has 0 bridgehead atoms. The first-order valence-electron chi connectivity index (χ1n) is 11.1. The minimum Gasteiger partial charge on any atom is -0.480 e. The number of carbonyl (C=O) groups is 4. The highest BCUT2D eigenvalue weighted by Gasteiger charge is 2.31. The van der Waals surface area contributed by atoms with Crippen LogP contribution in [0.25, 0.3) is 0 Å². The average Bonchev–Trinajstić information content (AvgIpc) is 2.68. The van der Waals surface area contributed by atoms with Gasteiger partial charge < -0.3 is 25.8 Å². The van der Waals surface area contributed by atoms with Crippen molar-refractivity contribution < 1.29 is 29.0 Å². The van der Waals surface area contributed by atoms with Crippen molar-refractivity contribution in [2.75, 3.05) is 6.54 Å². The standard InChI is InChI=1S/C22H39N3O6/c1-7-13(2)17(25-21(30)31-22(4,5)6)19(27)23-12-15-8-10-16(11-9-15)18(26)24-14(3)20(28)29/h13-17H,7-12H2,1-6H3,(H,23,27)(H,24,26)(H,25,30)(H,28,29)/t13-,14-,15?,16?,17+/m1/s1. The van der Waals surface area contributed by atoms with Gasteiger partial charge in [-0.05, 0) is 65.2 Å². The summed E-state index contributed by atoms with van der Waals surface area (Å²) in [5, 5.41) is 17.1. The van der Waals surface area contributed by atoms with Gasteiger partial charge in [-0.1, -0.05) is 20.3 Å². The van der Waals surface area contributed by atoms with Gasteiger partial charge in [0.2, 0.25) is 11.8 Å². The van der Waals surface area contributed by atoms with Crippen molar-refractivity contribution in [1.82, 2.24) is 16.0 Å². The maximum atomic E-state index is 12.7. The summed E-state index contributed by atoms with van der Waals surface area (Å²) in [5.41, 5.74) is -0.645. The molecule has 9 nitrogen and oxygen atoms in total. The van der Waals surface area contributed by atoms with Crippen molar-refractivity contribution >= 4 is 23.9 Å². The number of alkyl carbamates (subject to hydrolysis) is 1. The number of carboxylic acids is 1. The van der Waals surface area contributed by atoms with Gasteiger partial charge in [-0.2, -0.15) is 0 Å². The van der Waals surface area contributed by atoms with Crippen LogP contribution in [-0.4, -0.2) is 53.2 Å². The Labute approximate surface area is 185 Å². The third-order valence-corrected chi connectivity index (χ3v) is 5.68. The lowest BCUT2D eigenvalue weighted by Crippen LogP contribution is -2.52. The molecule has 0 aliphatic heterocycles. The van der Waals surface area contributed by atoms with E-state index in [0.717, 1.165) is 19.3 Å². The first-order chi connectivity index (χ1) is 14.3. The maximum absolute atomic E-state index is 12.7. The van der Waals surface area contributed by atoms with E-state index in [1.165, 1.54) is 6.92 Å². The molecule has 0 aromatic rings. The van der Waals surface area contributed by atoms with Crippen LogP contribution in [0.5, 0.6) is 0 Å². The first kappa shape index (κ1) is 26.7. The molecular formula is C22H39N3O6. The van der Waals surface area contributed by atoms with E-state index in [2.05, 4.69) is 16.0 Å². The smallest absolute Gasteiger partial charge is 0.408 e. The van der Waals surface area contributed by atoms with Gasteiger partial charge in [0.05, 0.1) is 0 Å². The molecule has 0 spiro atoms. The summed E-state index contributed by atoms with van der Waals surface area (Å²) in [5.74, 6) is -1.53. The van der Waals surface area contributed by atoms with Crippen LogP contribution in [0.2, 0.25) is 0 Å². The molecule has 0 aromatic carbocycles. The van der Waals surface area contributed by atoms with E-state index in [-0.39, 0.29) is 29.6 Å². The molecule has 1 fully saturated rings. The van der Waals surface area contributed by atoms with E-state index in [1.807, 2.05) is 13.8 Å². The number of ether oxygens (including phenoxy) is 1. The van der Waals surface area contributed by atoms with E-state index in [1.54, 1.807) is 20.8 Å². The van der Waals surface area contributed by atoms with Gasteiger partial charge >= 0.3 is 12.1 Å². The van der Waals surface area contributed by atoms with E-state index in [9.17, 15) is 19.2 Å². The molecule has 9 heteroatoms. The number of nitrogens with one attached hydrogen (secondary N) is 3. The number of carbonyl (C=O) groups excluding carboxylic acids is 3. The molecule has 0 heterocycles. The number of hydrogen-bond acceptors (Lipinski definition) is 5. The molecule has 1 saturated carbocycles. The SMILES string of the molecule is CC[C@@H](C)[C@H](NC(=O)OC(C)(C)C)C(=O)NCC1CCC(C(=O)N[C@H](C)C(=O)O)CC1. The molecule has 1 aliphatic carbocycles. The molecule has 1 rings (SSSR count). The fraction of sp³-hybridized carbons (Fsp3) is 0.818. The van der Waals surface area contributed by atoms with Crippen LogP contribution in [0.1, 0.15) is 73.6 Å². The minimum absolute atomic E-state index is 0.0526. The molecule has 31 heavy (non-hydrogen) atoms. The quantitative estimate of drug-likeness (QED) is 0.434. The van der Waals surface area contributed by atoms with Crippen LogP contribution in [0, 0.1) is 17.8 Å². The highest BCUT2D eigenvalue weighted by molar-refractivity contribution is 5.86. The summed E-state index contributed by atoms with van der Waals surface area (Å²) in [7, 11) is 0. The second kappa shape index (κ2) is 11.9. The summed E-state index contributed by atoms with van der Waals surface area (Å²) in [6.45, 7) is 11.1. The average molecular weight is 442 g/mol. The van der Waals surface area contributed by atoms with Crippen LogP contribution < -0.4 is 16.0 Å². The van der Waals surface area contributed by atoms with Crippen LogP contribution in [0.3, 0.4) is 0 Å². The Balaban J connectivity index is 2.51. The lowest BCUT2D eigenvalue weighted by Gasteiger charge is -2.30. The number of hydrogen-bond donors (Lipinski definition) is 4. The van der Waals surface area contributed by atoms with Crippen LogP contribution in [0.4, 0.5) is 4.79 Å². The lowest BCUT2D eigenvalue weighted by molar-refractivity contribution is -0.142. The Morgan fingerprint density at radius 2 is 1.61 bits per heavy atom. The molecular weight excluding hydrogens is 402 g/mol. The Bertz CT molecular complexity index is 638. The molecule has 3 atom stereocenters. The van der Waals surface area contributed by atoms with Gasteiger partial charge in [-0.25, -0.2) is 4.79 Å². The number of rotatable bonds is 9. The number of aliphatic carboxylic acids is 1. The van der Waals surface area contributed by atoms with Gasteiger partial charge in [-0.3, -0.25) is 14.4 Å². The Kier molecular flexibility index (Phi) is 10.3. The molecule has 0 unspecified atom stereocenters. The molecule has 4 N–H and O–H groups in total. The summed E-state index contributed by atoms with van der Waals surface area (Å²) >= 11 is 0. The van der Waals surface area contributed by atoms with Crippen molar-refractivity contribution in [1.29, 1.82) is 0 Å². The van der Waals surface area contributed by atoms with E-state index in [4.69, 9.17) is 9.84 Å². The normalized spacial score (nSPS) is 21.9. The highest BCUT2D eigenvalue weighted by Crippen LogP contribution is 2.28. The van der Waals surface area contributed by atoms with Crippen molar-refractivity contribution in [3.8, 4) is 0 Å². The van der Waals surface area contributed by atoms with Crippen LogP contribution in [-0.2, 0) is 19.1 Å². The monoisotopic (exact) mass is 441 g/mol. The van der Waals surface area contributed by atoms with Gasteiger partial charge in [0.15, 0.2) is 0 Å². The third-order valence-electron chi connectivity index (χ3n) is 5.68. The molecule has 0 saturated heterocycles. The molecule has 3 amide bonds. The highest BCUT2D eigenvalue weighted by atomic mass is 16.6. The number of carboxylic acid groups (broad SMARTS) is 1. The summed E-state index contributed by atoms with van der Waals surface area (Å²) in [6, 6.07) is -1.58. The van der Waals surface area contributed by atoms with Crippen molar-refractivity contribution in [3.63, 3.8) is 0 Å². The van der Waals surface area contributed by atoms with Crippen LogP contribution >= 0.6 is 0 Å². The van der Waals surface area contributed by atoms with Crippen molar-refractivity contribution in [2.45, 2.75) is 91.3 Å². The topological polar surface area (TPSA) is 134 Å². The second-order valence-corrected chi connectivity index (χ2v) is 9.54. The summed E-state index contributed by atoms with van der Waals surface area (Å²) in [4.78, 5) is 48.0. The van der Waals surface area contributed by atoms with E-state index >= 15 is 0 Å². The van der Waals surface area contributed by atoms with Crippen LogP contribution in [0.15, 0.2) is 0 Å². The Morgan fingerprint density at radius 3 is 2.10 bits per heavy atom. The van der Waals surface area contributed by atoms with E-state index < -0.39 is 29.7 Å². The van der Waals surface area contributed by atoms with E-state index in [0.29, 0.717) is 19.4 Å². The molecule has 0 aromatic heterocycles. The zero-order valence-corrected chi connectivity index (χ0v) is 19.6. The third kappa shape index (κ3) is 9.57. The predicted molar refractivity (Wildman–Crippen MR) is 116 cm³/mol. The first-order valence-corrected chi connectivity index (χ1v) is 11.1. The zero-order valence-electron chi connectivity index (χ0n) is 19.6.